The number of benzene rings is 1. The number of anilines is 1. The Balaban J connectivity index is 2.08. The van der Waals surface area contributed by atoms with Gasteiger partial charge >= 0.3 is 0 Å². The third-order valence-corrected chi connectivity index (χ3v) is 4.28. The predicted octanol–water partition coefficient (Wildman–Crippen LogP) is 4.72. The zero-order valence-corrected chi connectivity index (χ0v) is 13.9. The zero-order valence-electron chi connectivity index (χ0n) is 13.9. The minimum Gasteiger partial charge on any atom is -0.497 e. The summed E-state index contributed by atoms with van der Waals surface area (Å²) in [5.74, 6) is 0.615. The topological polar surface area (TPSA) is 38.3 Å². The SMILES string of the molecule is COc1cccc(NC(=O)C=CC2=C(C)CCCC2(C)C)c1. The quantitative estimate of drug-likeness (QED) is 0.817. The molecule has 0 fully saturated rings. The Bertz CT molecular complexity index is 612. The number of allylic oxidation sites excluding steroid dienone is 3. The van der Waals surface area contributed by atoms with Crippen molar-refractivity contribution in [1.29, 1.82) is 0 Å². The molecule has 3 nitrogen and oxygen atoms in total. The lowest BCUT2D eigenvalue weighted by atomic mass is 9.72. The monoisotopic (exact) mass is 299 g/mol. The molecule has 0 heterocycles. The Labute approximate surface area is 133 Å². The summed E-state index contributed by atoms with van der Waals surface area (Å²) in [6.07, 6.45) is 7.13. The summed E-state index contributed by atoms with van der Waals surface area (Å²) in [7, 11) is 1.61. The van der Waals surface area contributed by atoms with Gasteiger partial charge in [-0.3, -0.25) is 4.79 Å². The van der Waals surface area contributed by atoms with E-state index in [0.29, 0.717) is 0 Å². The molecular formula is C19H25NO2. The molecule has 1 amide bonds. The van der Waals surface area contributed by atoms with Gasteiger partial charge < -0.3 is 10.1 Å². The lowest BCUT2D eigenvalue weighted by molar-refractivity contribution is -0.111. The minimum atomic E-state index is -0.116. The van der Waals surface area contributed by atoms with Gasteiger partial charge in [-0.1, -0.05) is 31.6 Å². The summed E-state index contributed by atoms with van der Waals surface area (Å²) in [5, 5.41) is 2.87. The van der Waals surface area contributed by atoms with Crippen molar-refractivity contribution in [2.45, 2.75) is 40.0 Å². The average molecular weight is 299 g/mol. The van der Waals surface area contributed by atoms with Crippen LogP contribution in [0.4, 0.5) is 5.69 Å². The maximum atomic E-state index is 12.1. The predicted molar refractivity (Wildman–Crippen MR) is 91.1 cm³/mol. The first kappa shape index (κ1) is 16.3. The molecule has 1 aromatic rings. The zero-order chi connectivity index (χ0) is 16.2. The van der Waals surface area contributed by atoms with Gasteiger partial charge in [-0.05, 0) is 49.3 Å². The number of methoxy groups -OCH3 is 1. The molecule has 0 radical (unpaired) electrons. The van der Waals surface area contributed by atoms with Crippen LogP contribution in [0.1, 0.15) is 40.0 Å². The highest BCUT2D eigenvalue weighted by molar-refractivity contribution is 5.99. The van der Waals surface area contributed by atoms with Crippen LogP contribution in [0.15, 0.2) is 47.6 Å². The molecule has 3 heteroatoms. The first-order valence-corrected chi connectivity index (χ1v) is 7.76. The molecule has 0 bridgehead atoms. The molecule has 118 valence electrons. The van der Waals surface area contributed by atoms with Crippen molar-refractivity contribution < 1.29 is 9.53 Å². The van der Waals surface area contributed by atoms with E-state index in [0.717, 1.165) is 17.9 Å². The highest BCUT2D eigenvalue weighted by atomic mass is 16.5. The summed E-state index contributed by atoms with van der Waals surface area (Å²) in [6.45, 7) is 6.66. The molecule has 1 aliphatic rings. The molecule has 0 aromatic heterocycles. The van der Waals surface area contributed by atoms with Crippen molar-refractivity contribution in [1.82, 2.24) is 0 Å². The molecule has 1 aromatic carbocycles. The third-order valence-electron chi connectivity index (χ3n) is 4.28. The van der Waals surface area contributed by atoms with Crippen LogP contribution in [-0.4, -0.2) is 13.0 Å². The van der Waals surface area contributed by atoms with Gasteiger partial charge in [0.1, 0.15) is 5.75 Å². The molecule has 0 saturated heterocycles. The number of carbonyl (C=O) groups excluding carboxylic acids is 1. The van der Waals surface area contributed by atoms with Gasteiger partial charge in [0.2, 0.25) is 5.91 Å². The fourth-order valence-corrected chi connectivity index (χ4v) is 3.05. The van der Waals surface area contributed by atoms with Crippen LogP contribution < -0.4 is 10.1 Å². The largest absolute Gasteiger partial charge is 0.497 e. The molecular weight excluding hydrogens is 274 g/mol. The van der Waals surface area contributed by atoms with E-state index in [1.807, 2.05) is 24.3 Å². The van der Waals surface area contributed by atoms with Gasteiger partial charge in [-0.2, -0.15) is 0 Å². The van der Waals surface area contributed by atoms with Crippen LogP contribution in [0.25, 0.3) is 0 Å². The van der Waals surface area contributed by atoms with Crippen molar-refractivity contribution in [2.24, 2.45) is 5.41 Å². The van der Waals surface area contributed by atoms with E-state index in [2.05, 4.69) is 26.1 Å². The number of amides is 1. The summed E-state index contributed by atoms with van der Waals surface area (Å²) in [5.41, 5.74) is 3.57. The van der Waals surface area contributed by atoms with Gasteiger partial charge in [0, 0.05) is 17.8 Å². The number of ether oxygens (including phenoxy) is 1. The fourth-order valence-electron chi connectivity index (χ4n) is 3.05. The molecule has 0 saturated carbocycles. The Morgan fingerprint density at radius 3 is 2.82 bits per heavy atom. The number of nitrogens with one attached hydrogen (secondary N) is 1. The van der Waals surface area contributed by atoms with E-state index < -0.39 is 0 Å². The number of carbonyl (C=O) groups is 1. The van der Waals surface area contributed by atoms with Gasteiger partial charge in [-0.25, -0.2) is 0 Å². The minimum absolute atomic E-state index is 0.116. The van der Waals surface area contributed by atoms with Crippen molar-refractivity contribution in [3.63, 3.8) is 0 Å². The lowest BCUT2D eigenvalue weighted by Crippen LogP contribution is -2.19. The number of hydrogen-bond donors (Lipinski definition) is 1. The molecule has 0 aliphatic heterocycles. The second-order valence-corrected chi connectivity index (χ2v) is 6.49. The van der Waals surface area contributed by atoms with Gasteiger partial charge in [-0.15, -0.1) is 0 Å². The maximum Gasteiger partial charge on any atom is 0.248 e. The van der Waals surface area contributed by atoms with Crippen LogP contribution in [0.2, 0.25) is 0 Å². The van der Waals surface area contributed by atoms with E-state index in [-0.39, 0.29) is 11.3 Å². The second kappa shape index (κ2) is 6.82. The highest BCUT2D eigenvalue weighted by Gasteiger charge is 2.26. The normalized spacial score (nSPS) is 17.6. The third kappa shape index (κ3) is 4.00. The van der Waals surface area contributed by atoms with Gasteiger partial charge in [0.25, 0.3) is 0 Å². The summed E-state index contributed by atoms with van der Waals surface area (Å²) in [4.78, 5) is 12.1. The lowest BCUT2D eigenvalue weighted by Gasteiger charge is -2.32. The maximum absolute atomic E-state index is 12.1. The Hall–Kier alpha value is -2.03. The Morgan fingerprint density at radius 2 is 2.14 bits per heavy atom. The smallest absolute Gasteiger partial charge is 0.248 e. The summed E-state index contributed by atoms with van der Waals surface area (Å²) >= 11 is 0. The highest BCUT2D eigenvalue weighted by Crippen LogP contribution is 2.40. The Kier molecular flexibility index (Phi) is 5.07. The average Bonchev–Trinajstić information content (AvgIpc) is 2.46. The second-order valence-electron chi connectivity index (χ2n) is 6.49. The number of rotatable bonds is 4. The molecule has 1 N–H and O–H groups in total. The van der Waals surface area contributed by atoms with Gasteiger partial charge in [0.05, 0.1) is 7.11 Å². The standard InChI is InChI=1S/C19H25NO2/c1-14-7-6-12-19(2,3)17(14)10-11-18(21)20-15-8-5-9-16(13-15)22-4/h5,8-11,13H,6-7,12H2,1-4H3,(H,20,21). The van der Waals surface area contributed by atoms with Crippen LogP contribution in [0.3, 0.4) is 0 Å². The molecule has 0 atom stereocenters. The Morgan fingerprint density at radius 1 is 1.36 bits per heavy atom. The summed E-state index contributed by atoms with van der Waals surface area (Å²) < 4.78 is 5.16. The summed E-state index contributed by atoms with van der Waals surface area (Å²) in [6, 6.07) is 7.36. The molecule has 1 aliphatic carbocycles. The van der Waals surface area contributed by atoms with Crippen molar-refractivity contribution in [2.75, 3.05) is 12.4 Å². The number of hydrogen-bond acceptors (Lipinski definition) is 2. The molecule has 0 unspecified atom stereocenters. The van der Waals surface area contributed by atoms with Crippen molar-refractivity contribution in [3.05, 3.63) is 47.6 Å². The fraction of sp³-hybridized carbons (Fsp3) is 0.421. The van der Waals surface area contributed by atoms with Gasteiger partial charge in [0.15, 0.2) is 0 Å². The van der Waals surface area contributed by atoms with E-state index in [9.17, 15) is 4.79 Å². The van der Waals surface area contributed by atoms with E-state index in [1.54, 1.807) is 19.3 Å². The van der Waals surface area contributed by atoms with Crippen LogP contribution in [0, 0.1) is 5.41 Å². The van der Waals surface area contributed by atoms with E-state index >= 15 is 0 Å². The first-order chi connectivity index (χ1) is 10.4. The molecule has 0 spiro atoms. The van der Waals surface area contributed by atoms with Crippen LogP contribution in [0.5, 0.6) is 5.75 Å². The first-order valence-electron chi connectivity index (χ1n) is 7.76. The van der Waals surface area contributed by atoms with Crippen molar-refractivity contribution in [3.8, 4) is 5.75 Å². The van der Waals surface area contributed by atoms with Crippen LogP contribution in [-0.2, 0) is 4.79 Å². The van der Waals surface area contributed by atoms with Crippen LogP contribution >= 0.6 is 0 Å². The molecule has 22 heavy (non-hydrogen) atoms. The van der Waals surface area contributed by atoms with Crippen molar-refractivity contribution >= 4 is 11.6 Å². The van der Waals surface area contributed by atoms with E-state index in [4.69, 9.17) is 4.74 Å². The van der Waals surface area contributed by atoms with E-state index in [1.165, 1.54) is 24.0 Å². The molecule has 2 rings (SSSR count).